The highest BCUT2D eigenvalue weighted by molar-refractivity contribution is 5.04. The fourth-order valence-corrected chi connectivity index (χ4v) is 3.26. The van der Waals surface area contributed by atoms with Crippen LogP contribution in [0.3, 0.4) is 0 Å². The predicted octanol–water partition coefficient (Wildman–Crippen LogP) is 2.92. The first-order valence-corrected chi connectivity index (χ1v) is 7.56. The molecule has 106 valence electrons. The Morgan fingerprint density at radius 3 is 2.79 bits per heavy atom. The normalized spacial score (nSPS) is 29.1. The fourth-order valence-electron chi connectivity index (χ4n) is 3.26. The minimum absolute atomic E-state index is 0.428. The maximum atomic E-state index is 5.78. The molecule has 1 saturated carbocycles. The zero-order valence-electron chi connectivity index (χ0n) is 12.2. The highest BCUT2D eigenvalue weighted by Crippen LogP contribution is 2.35. The molecule has 2 rings (SSSR count). The third-order valence-electron chi connectivity index (χ3n) is 4.86. The lowest BCUT2D eigenvalue weighted by Gasteiger charge is -2.36. The Labute approximate surface area is 117 Å². The average molecular weight is 261 g/mol. The largest absolute Gasteiger partial charge is 0.271 e. The molecule has 0 aliphatic heterocycles. The zero-order valence-corrected chi connectivity index (χ0v) is 12.2. The lowest BCUT2D eigenvalue weighted by molar-refractivity contribution is 0.166. The van der Waals surface area contributed by atoms with Crippen LogP contribution in [0.15, 0.2) is 24.4 Å². The second-order valence-corrected chi connectivity index (χ2v) is 6.16. The standard InChI is InChI=1S/C16H27N3/c1-12-6-7-14(11-13(12)2)16(19-17)9-8-15-5-3-4-10-18-15/h3-5,10,12-14,16,19H,6-9,11,17H2,1-2H3. The zero-order chi connectivity index (χ0) is 13.7. The molecule has 0 aromatic carbocycles. The topological polar surface area (TPSA) is 50.9 Å². The molecular weight excluding hydrogens is 234 g/mol. The number of aryl methyl sites for hydroxylation is 1. The summed E-state index contributed by atoms with van der Waals surface area (Å²) in [6.07, 6.45) is 7.91. The quantitative estimate of drug-likeness (QED) is 0.633. The Hall–Kier alpha value is -0.930. The van der Waals surface area contributed by atoms with Gasteiger partial charge in [-0.15, -0.1) is 0 Å². The van der Waals surface area contributed by atoms with Crippen LogP contribution in [0.25, 0.3) is 0 Å². The van der Waals surface area contributed by atoms with Crippen LogP contribution in [0.5, 0.6) is 0 Å². The van der Waals surface area contributed by atoms with Crippen molar-refractivity contribution in [3.8, 4) is 0 Å². The minimum atomic E-state index is 0.428. The maximum Gasteiger partial charge on any atom is 0.0404 e. The van der Waals surface area contributed by atoms with Crippen LogP contribution in [0.2, 0.25) is 0 Å². The molecule has 0 radical (unpaired) electrons. The number of hydrogen-bond acceptors (Lipinski definition) is 3. The van der Waals surface area contributed by atoms with Gasteiger partial charge in [0.25, 0.3) is 0 Å². The first-order valence-electron chi connectivity index (χ1n) is 7.56. The van der Waals surface area contributed by atoms with Crippen molar-refractivity contribution >= 4 is 0 Å². The van der Waals surface area contributed by atoms with Crippen LogP contribution in [0.1, 0.15) is 45.2 Å². The minimum Gasteiger partial charge on any atom is -0.271 e. The molecule has 0 bridgehead atoms. The van der Waals surface area contributed by atoms with Crippen molar-refractivity contribution in [2.24, 2.45) is 23.6 Å². The van der Waals surface area contributed by atoms with Crippen molar-refractivity contribution in [1.29, 1.82) is 0 Å². The van der Waals surface area contributed by atoms with Gasteiger partial charge in [0.1, 0.15) is 0 Å². The lowest BCUT2D eigenvalue weighted by Crippen LogP contribution is -2.43. The number of hydrogen-bond donors (Lipinski definition) is 2. The van der Waals surface area contributed by atoms with E-state index in [9.17, 15) is 0 Å². The van der Waals surface area contributed by atoms with Crippen molar-refractivity contribution in [1.82, 2.24) is 10.4 Å². The van der Waals surface area contributed by atoms with Crippen molar-refractivity contribution in [2.45, 2.75) is 52.0 Å². The smallest absolute Gasteiger partial charge is 0.0404 e. The van der Waals surface area contributed by atoms with Gasteiger partial charge in [-0.25, -0.2) is 0 Å². The van der Waals surface area contributed by atoms with Gasteiger partial charge in [0.05, 0.1) is 0 Å². The summed E-state index contributed by atoms with van der Waals surface area (Å²) in [7, 11) is 0. The second kappa shape index (κ2) is 7.01. The van der Waals surface area contributed by atoms with E-state index in [1.807, 2.05) is 12.3 Å². The number of nitrogens with two attached hydrogens (primary N) is 1. The Balaban J connectivity index is 1.86. The van der Waals surface area contributed by atoms with Gasteiger partial charge >= 0.3 is 0 Å². The van der Waals surface area contributed by atoms with Gasteiger partial charge < -0.3 is 0 Å². The first kappa shape index (κ1) is 14.5. The maximum absolute atomic E-state index is 5.78. The molecule has 1 aliphatic carbocycles. The fraction of sp³-hybridized carbons (Fsp3) is 0.688. The van der Waals surface area contributed by atoms with Crippen molar-refractivity contribution in [2.75, 3.05) is 0 Å². The number of hydrazine groups is 1. The molecule has 4 atom stereocenters. The van der Waals surface area contributed by atoms with E-state index in [2.05, 4.69) is 36.4 Å². The molecule has 1 aromatic rings. The monoisotopic (exact) mass is 261 g/mol. The highest BCUT2D eigenvalue weighted by Gasteiger charge is 2.29. The van der Waals surface area contributed by atoms with Gasteiger partial charge in [-0.3, -0.25) is 16.3 Å². The van der Waals surface area contributed by atoms with Gasteiger partial charge in [0.2, 0.25) is 0 Å². The van der Waals surface area contributed by atoms with Crippen molar-refractivity contribution in [3.63, 3.8) is 0 Å². The molecule has 1 aliphatic rings. The molecule has 1 aromatic heterocycles. The van der Waals surface area contributed by atoms with Crippen LogP contribution in [-0.4, -0.2) is 11.0 Å². The van der Waals surface area contributed by atoms with E-state index in [-0.39, 0.29) is 0 Å². The summed E-state index contributed by atoms with van der Waals surface area (Å²) < 4.78 is 0. The van der Waals surface area contributed by atoms with Gasteiger partial charge in [-0.2, -0.15) is 0 Å². The molecule has 1 heterocycles. The molecular formula is C16H27N3. The van der Waals surface area contributed by atoms with Crippen LogP contribution in [0.4, 0.5) is 0 Å². The van der Waals surface area contributed by atoms with E-state index in [0.717, 1.165) is 30.6 Å². The summed E-state index contributed by atoms with van der Waals surface area (Å²) in [4.78, 5) is 4.39. The Morgan fingerprint density at radius 2 is 2.16 bits per heavy atom. The van der Waals surface area contributed by atoms with E-state index in [1.54, 1.807) is 0 Å². The summed E-state index contributed by atoms with van der Waals surface area (Å²) in [6.45, 7) is 4.75. The molecule has 3 nitrogen and oxygen atoms in total. The molecule has 4 unspecified atom stereocenters. The van der Waals surface area contributed by atoms with Crippen LogP contribution < -0.4 is 11.3 Å². The predicted molar refractivity (Wildman–Crippen MR) is 79.3 cm³/mol. The average Bonchev–Trinajstić information content (AvgIpc) is 2.44. The molecule has 0 spiro atoms. The van der Waals surface area contributed by atoms with Crippen LogP contribution in [0, 0.1) is 17.8 Å². The number of aromatic nitrogens is 1. The van der Waals surface area contributed by atoms with E-state index in [4.69, 9.17) is 5.84 Å². The summed E-state index contributed by atoms with van der Waals surface area (Å²) in [5.74, 6) is 8.19. The Kier molecular flexibility index (Phi) is 5.34. The molecule has 3 N–H and O–H groups in total. The molecule has 19 heavy (non-hydrogen) atoms. The van der Waals surface area contributed by atoms with E-state index < -0.39 is 0 Å². The number of nitrogens with one attached hydrogen (secondary N) is 1. The third kappa shape index (κ3) is 4.02. The number of rotatable bonds is 5. The first-order chi connectivity index (χ1) is 9.20. The second-order valence-electron chi connectivity index (χ2n) is 6.16. The van der Waals surface area contributed by atoms with Gasteiger partial charge in [0, 0.05) is 17.9 Å². The van der Waals surface area contributed by atoms with E-state index in [0.29, 0.717) is 6.04 Å². The number of pyridine rings is 1. The highest BCUT2D eigenvalue weighted by atomic mass is 15.2. The van der Waals surface area contributed by atoms with Gasteiger partial charge in [-0.1, -0.05) is 26.3 Å². The third-order valence-corrected chi connectivity index (χ3v) is 4.86. The van der Waals surface area contributed by atoms with E-state index >= 15 is 0 Å². The molecule has 1 fully saturated rings. The Bertz CT molecular complexity index is 366. The van der Waals surface area contributed by atoms with E-state index in [1.165, 1.54) is 25.0 Å². The van der Waals surface area contributed by atoms with Crippen LogP contribution in [-0.2, 0) is 6.42 Å². The summed E-state index contributed by atoms with van der Waals surface area (Å²) in [5, 5.41) is 0. The number of nitrogens with zero attached hydrogens (tertiary/aromatic N) is 1. The van der Waals surface area contributed by atoms with Crippen molar-refractivity contribution in [3.05, 3.63) is 30.1 Å². The summed E-state index contributed by atoms with van der Waals surface area (Å²) in [5.41, 5.74) is 4.22. The van der Waals surface area contributed by atoms with Gasteiger partial charge in [-0.05, 0) is 55.6 Å². The van der Waals surface area contributed by atoms with Crippen LogP contribution >= 0.6 is 0 Å². The van der Waals surface area contributed by atoms with Crippen molar-refractivity contribution < 1.29 is 0 Å². The lowest BCUT2D eigenvalue weighted by atomic mass is 9.72. The summed E-state index contributed by atoms with van der Waals surface area (Å²) in [6, 6.07) is 6.54. The van der Waals surface area contributed by atoms with Gasteiger partial charge in [0.15, 0.2) is 0 Å². The SMILES string of the molecule is CC1CCC(C(CCc2ccccn2)NN)CC1C. The Morgan fingerprint density at radius 1 is 1.32 bits per heavy atom. The molecule has 0 saturated heterocycles. The molecule has 0 amide bonds. The molecule has 3 heteroatoms. The summed E-state index contributed by atoms with van der Waals surface area (Å²) >= 11 is 0.